The predicted octanol–water partition coefficient (Wildman–Crippen LogP) is 5.17. The number of amides is 1. The number of halogens is 3. The highest BCUT2D eigenvalue weighted by Crippen LogP contribution is 2.34. The number of nitrogens with zero attached hydrogens (tertiary/aromatic N) is 5. The van der Waals surface area contributed by atoms with Crippen molar-refractivity contribution >= 4 is 11.6 Å². The van der Waals surface area contributed by atoms with Crippen molar-refractivity contribution in [3.8, 4) is 11.1 Å². The fraction of sp³-hybridized carbons (Fsp3) is 0.269. The van der Waals surface area contributed by atoms with Crippen LogP contribution < -0.4 is 5.32 Å². The van der Waals surface area contributed by atoms with Crippen LogP contribution in [0.1, 0.15) is 47.1 Å². The molecule has 10 heteroatoms. The Balaban J connectivity index is 1.19. The van der Waals surface area contributed by atoms with Crippen LogP contribution in [0.25, 0.3) is 11.1 Å². The number of hydrogen-bond donors (Lipinski definition) is 1. The van der Waals surface area contributed by atoms with Crippen molar-refractivity contribution in [1.29, 1.82) is 0 Å². The Bertz CT molecular complexity index is 1380. The van der Waals surface area contributed by atoms with Gasteiger partial charge < -0.3 is 5.32 Å². The first-order valence-corrected chi connectivity index (χ1v) is 11.5. The normalized spacial score (nSPS) is 13.6. The van der Waals surface area contributed by atoms with E-state index in [1.807, 2.05) is 29.2 Å². The highest BCUT2D eigenvalue weighted by Gasteiger charge is 2.33. The van der Waals surface area contributed by atoms with E-state index in [1.165, 1.54) is 26.0 Å². The molecular formula is C26H23F3N6O. The Morgan fingerprint density at radius 1 is 1.00 bits per heavy atom. The molecule has 184 valence electrons. The lowest BCUT2D eigenvalue weighted by Gasteiger charge is -2.12. The molecule has 1 amide bonds. The molecule has 1 aliphatic carbocycles. The average molecular weight is 493 g/mol. The first-order valence-electron chi connectivity index (χ1n) is 11.5. The number of anilines is 1. The molecule has 1 fully saturated rings. The number of pyridine rings is 1. The van der Waals surface area contributed by atoms with E-state index < -0.39 is 17.6 Å². The van der Waals surface area contributed by atoms with Crippen molar-refractivity contribution in [3.05, 3.63) is 89.5 Å². The lowest BCUT2D eigenvalue weighted by molar-refractivity contribution is -0.138. The summed E-state index contributed by atoms with van der Waals surface area (Å²) in [6, 6.07) is 8.74. The molecule has 0 spiro atoms. The number of aryl methyl sites for hydroxylation is 1. The highest BCUT2D eigenvalue weighted by atomic mass is 19.4. The van der Waals surface area contributed by atoms with Gasteiger partial charge in [-0.15, -0.1) is 0 Å². The third kappa shape index (κ3) is 5.59. The largest absolute Gasteiger partial charge is 0.418 e. The van der Waals surface area contributed by atoms with Crippen molar-refractivity contribution in [2.75, 3.05) is 5.32 Å². The van der Waals surface area contributed by atoms with Crippen LogP contribution in [-0.2, 0) is 23.8 Å². The van der Waals surface area contributed by atoms with Crippen LogP contribution in [0.5, 0.6) is 0 Å². The van der Waals surface area contributed by atoms with Gasteiger partial charge in [0, 0.05) is 36.3 Å². The standard InChI is InChI=1S/C26H23F3N6O/c1-16-23(26(27,28)29)10-21(14-30-16)34-25(36)9-17-2-4-19(5-3-17)20-12-31-24(32-13-20)8-18-11-33-35(15-18)22-6-7-22/h2-5,10-15,22H,6-9H2,1H3,(H,34,36). The molecule has 36 heavy (non-hydrogen) atoms. The lowest BCUT2D eigenvalue weighted by atomic mass is 10.0. The second-order valence-electron chi connectivity index (χ2n) is 8.90. The van der Waals surface area contributed by atoms with Gasteiger partial charge in [-0.05, 0) is 42.5 Å². The molecular weight excluding hydrogens is 469 g/mol. The maximum Gasteiger partial charge on any atom is 0.418 e. The number of nitrogens with one attached hydrogen (secondary N) is 1. The van der Waals surface area contributed by atoms with Gasteiger partial charge in [-0.2, -0.15) is 18.3 Å². The topological polar surface area (TPSA) is 85.6 Å². The van der Waals surface area contributed by atoms with Crippen LogP contribution in [0.4, 0.5) is 18.9 Å². The van der Waals surface area contributed by atoms with Gasteiger partial charge in [0.1, 0.15) is 5.82 Å². The Morgan fingerprint density at radius 2 is 1.72 bits per heavy atom. The van der Waals surface area contributed by atoms with Crippen LogP contribution in [0, 0.1) is 6.92 Å². The van der Waals surface area contributed by atoms with E-state index in [0.29, 0.717) is 18.3 Å². The summed E-state index contributed by atoms with van der Waals surface area (Å²) in [4.78, 5) is 25.0. The molecule has 5 rings (SSSR count). The van der Waals surface area contributed by atoms with Gasteiger partial charge in [-0.1, -0.05) is 24.3 Å². The average Bonchev–Trinajstić information content (AvgIpc) is 3.59. The lowest BCUT2D eigenvalue weighted by Crippen LogP contribution is -2.16. The summed E-state index contributed by atoms with van der Waals surface area (Å²) < 4.78 is 41.2. The maximum absolute atomic E-state index is 13.1. The third-order valence-electron chi connectivity index (χ3n) is 5.97. The van der Waals surface area contributed by atoms with Crippen molar-refractivity contribution in [2.45, 2.75) is 44.8 Å². The molecule has 7 nitrogen and oxygen atoms in total. The number of carbonyl (C=O) groups is 1. The summed E-state index contributed by atoms with van der Waals surface area (Å²) in [5.41, 5.74) is 2.53. The molecule has 4 aromatic rings. The maximum atomic E-state index is 13.1. The number of aromatic nitrogens is 5. The number of carbonyl (C=O) groups excluding carboxylic acids is 1. The fourth-order valence-electron chi connectivity index (χ4n) is 3.88. The van der Waals surface area contributed by atoms with Crippen LogP contribution in [0.2, 0.25) is 0 Å². The number of benzene rings is 1. The Kier molecular flexibility index (Phi) is 6.26. The molecule has 0 atom stereocenters. The molecule has 0 bridgehead atoms. The van der Waals surface area contributed by atoms with Crippen molar-refractivity contribution in [3.63, 3.8) is 0 Å². The summed E-state index contributed by atoms with van der Waals surface area (Å²) in [7, 11) is 0. The predicted molar refractivity (Wildman–Crippen MR) is 127 cm³/mol. The zero-order valence-corrected chi connectivity index (χ0v) is 19.5. The summed E-state index contributed by atoms with van der Waals surface area (Å²) in [6.45, 7) is 1.28. The van der Waals surface area contributed by atoms with Crippen LogP contribution in [0.15, 0.2) is 61.3 Å². The van der Waals surface area contributed by atoms with Crippen LogP contribution >= 0.6 is 0 Å². The first kappa shape index (κ1) is 23.7. The quantitative estimate of drug-likeness (QED) is 0.385. The Morgan fingerprint density at radius 3 is 2.39 bits per heavy atom. The Labute approximate surface area is 205 Å². The van der Waals surface area contributed by atoms with Crippen LogP contribution in [-0.4, -0.2) is 30.6 Å². The van der Waals surface area contributed by atoms with Crippen molar-refractivity contribution < 1.29 is 18.0 Å². The van der Waals surface area contributed by atoms with Crippen molar-refractivity contribution in [2.24, 2.45) is 0 Å². The molecule has 1 aromatic carbocycles. The Hall–Kier alpha value is -4.08. The van der Waals surface area contributed by atoms with Gasteiger partial charge in [-0.25, -0.2) is 9.97 Å². The minimum atomic E-state index is -4.53. The van der Waals surface area contributed by atoms with Gasteiger partial charge in [-0.3, -0.25) is 14.5 Å². The summed E-state index contributed by atoms with van der Waals surface area (Å²) >= 11 is 0. The molecule has 1 aliphatic rings. The van der Waals surface area contributed by atoms with E-state index in [4.69, 9.17) is 0 Å². The monoisotopic (exact) mass is 492 g/mol. The van der Waals surface area contributed by atoms with Crippen molar-refractivity contribution in [1.82, 2.24) is 24.7 Å². The SMILES string of the molecule is Cc1ncc(NC(=O)Cc2ccc(-c3cnc(Cc4cnn(C5CC5)c4)nc3)cc2)cc1C(F)(F)F. The second kappa shape index (κ2) is 9.52. The highest BCUT2D eigenvalue weighted by molar-refractivity contribution is 5.92. The van der Waals surface area contributed by atoms with Gasteiger partial charge in [0.2, 0.25) is 5.91 Å². The van der Waals surface area contributed by atoms with Gasteiger partial charge in [0.15, 0.2) is 0 Å². The molecule has 0 unspecified atom stereocenters. The fourth-order valence-corrected chi connectivity index (χ4v) is 3.88. The van der Waals surface area contributed by atoms with E-state index in [1.54, 1.807) is 24.5 Å². The minimum absolute atomic E-state index is 0.00618. The van der Waals surface area contributed by atoms with E-state index >= 15 is 0 Å². The van der Waals surface area contributed by atoms with Gasteiger partial charge in [0.25, 0.3) is 0 Å². The smallest absolute Gasteiger partial charge is 0.324 e. The molecule has 3 aromatic heterocycles. The second-order valence-corrected chi connectivity index (χ2v) is 8.90. The van der Waals surface area contributed by atoms with Crippen LogP contribution in [0.3, 0.4) is 0 Å². The zero-order chi connectivity index (χ0) is 25.3. The van der Waals surface area contributed by atoms with E-state index in [9.17, 15) is 18.0 Å². The molecule has 1 saturated carbocycles. The van der Waals surface area contributed by atoms with Gasteiger partial charge >= 0.3 is 6.18 Å². The number of alkyl halides is 3. The molecule has 3 heterocycles. The first-order chi connectivity index (χ1) is 17.2. The van der Waals surface area contributed by atoms with Gasteiger partial charge in [0.05, 0.1) is 36.1 Å². The molecule has 0 radical (unpaired) electrons. The molecule has 1 N–H and O–H groups in total. The molecule has 0 saturated heterocycles. The summed E-state index contributed by atoms with van der Waals surface area (Å²) in [6.07, 6.45) is 7.11. The summed E-state index contributed by atoms with van der Waals surface area (Å²) in [5.74, 6) is 0.279. The summed E-state index contributed by atoms with van der Waals surface area (Å²) in [5, 5.41) is 6.88. The van der Waals surface area contributed by atoms with E-state index in [2.05, 4.69) is 25.4 Å². The minimum Gasteiger partial charge on any atom is -0.324 e. The zero-order valence-electron chi connectivity index (χ0n) is 19.5. The third-order valence-corrected chi connectivity index (χ3v) is 5.97. The number of rotatable bonds is 7. The number of hydrogen-bond acceptors (Lipinski definition) is 5. The van der Waals surface area contributed by atoms with E-state index in [0.717, 1.165) is 28.3 Å². The van der Waals surface area contributed by atoms with E-state index in [-0.39, 0.29) is 17.8 Å². The molecule has 0 aliphatic heterocycles.